The van der Waals surface area contributed by atoms with E-state index in [1.54, 1.807) is 6.26 Å². The van der Waals surface area contributed by atoms with E-state index in [0.717, 1.165) is 11.0 Å². The van der Waals surface area contributed by atoms with Gasteiger partial charge in [0.15, 0.2) is 0 Å². The second kappa shape index (κ2) is 5.67. The van der Waals surface area contributed by atoms with Gasteiger partial charge in [0.2, 0.25) is 0 Å². The van der Waals surface area contributed by atoms with Crippen molar-refractivity contribution in [2.45, 2.75) is 4.90 Å². The Bertz CT molecular complexity index is 450. The summed E-state index contributed by atoms with van der Waals surface area (Å²) in [7, 11) is 1.36. The number of amides is 1. The highest BCUT2D eigenvalue weighted by atomic mass is 32.2. The van der Waals surface area contributed by atoms with Crippen LogP contribution in [0.2, 0.25) is 0 Å². The molecular formula is C11H12FNO3S. The standard InChI is InChI=1S/C11H12FNO3S/c1-13(6-10(14)15)11(16)7-3-8(12)5-9(4-7)17-2/h3-5H,6H2,1-2H3,(H,14,15). The molecule has 1 aromatic rings. The summed E-state index contributed by atoms with van der Waals surface area (Å²) in [5.74, 6) is -2.13. The molecule has 17 heavy (non-hydrogen) atoms. The van der Waals surface area contributed by atoms with Crippen LogP contribution in [0.25, 0.3) is 0 Å². The predicted octanol–water partition coefficient (Wildman–Crippen LogP) is 1.70. The molecule has 0 unspecified atom stereocenters. The minimum absolute atomic E-state index is 0.151. The molecule has 0 aromatic heterocycles. The van der Waals surface area contributed by atoms with Gasteiger partial charge in [-0.2, -0.15) is 0 Å². The molecule has 1 rings (SSSR count). The molecule has 0 spiro atoms. The molecule has 1 amide bonds. The van der Waals surface area contributed by atoms with E-state index in [-0.39, 0.29) is 5.56 Å². The smallest absolute Gasteiger partial charge is 0.323 e. The maximum atomic E-state index is 13.2. The first-order valence-corrected chi connectivity index (χ1v) is 5.98. The molecule has 0 saturated carbocycles. The van der Waals surface area contributed by atoms with Crippen LogP contribution in [0.3, 0.4) is 0 Å². The average Bonchev–Trinajstić information content (AvgIpc) is 2.26. The molecule has 0 bridgehead atoms. The Labute approximate surface area is 102 Å². The van der Waals surface area contributed by atoms with Gasteiger partial charge < -0.3 is 10.0 Å². The van der Waals surface area contributed by atoms with Crippen LogP contribution >= 0.6 is 11.8 Å². The number of rotatable bonds is 4. The number of nitrogens with zero attached hydrogens (tertiary/aromatic N) is 1. The lowest BCUT2D eigenvalue weighted by Crippen LogP contribution is -2.32. The minimum atomic E-state index is -1.11. The van der Waals surface area contributed by atoms with Gasteiger partial charge >= 0.3 is 5.97 Å². The van der Waals surface area contributed by atoms with Crippen molar-refractivity contribution in [3.63, 3.8) is 0 Å². The molecule has 0 atom stereocenters. The molecule has 0 fully saturated rings. The lowest BCUT2D eigenvalue weighted by Gasteiger charge is -2.14. The number of likely N-dealkylation sites (N-methyl/N-ethyl adjacent to an activating group) is 1. The van der Waals surface area contributed by atoms with E-state index < -0.39 is 24.2 Å². The Kier molecular flexibility index (Phi) is 4.51. The number of carbonyl (C=O) groups excluding carboxylic acids is 1. The van der Waals surface area contributed by atoms with Crippen molar-refractivity contribution in [1.82, 2.24) is 4.90 Å². The third-order valence-electron chi connectivity index (χ3n) is 2.07. The lowest BCUT2D eigenvalue weighted by molar-refractivity contribution is -0.137. The lowest BCUT2D eigenvalue weighted by atomic mass is 10.2. The van der Waals surface area contributed by atoms with Crippen molar-refractivity contribution in [3.05, 3.63) is 29.6 Å². The van der Waals surface area contributed by atoms with Crippen LogP contribution < -0.4 is 0 Å². The van der Waals surface area contributed by atoms with Gasteiger partial charge in [0.05, 0.1) is 0 Å². The fourth-order valence-corrected chi connectivity index (χ4v) is 1.77. The summed E-state index contributed by atoms with van der Waals surface area (Å²) >= 11 is 1.31. The van der Waals surface area contributed by atoms with Crippen molar-refractivity contribution in [1.29, 1.82) is 0 Å². The predicted molar refractivity (Wildman–Crippen MR) is 62.8 cm³/mol. The minimum Gasteiger partial charge on any atom is -0.480 e. The summed E-state index contributed by atoms with van der Waals surface area (Å²) in [6, 6.07) is 3.95. The first-order chi connectivity index (χ1) is 7.93. The maximum Gasteiger partial charge on any atom is 0.323 e. The molecule has 4 nitrogen and oxygen atoms in total. The van der Waals surface area contributed by atoms with Crippen molar-refractivity contribution in [2.24, 2.45) is 0 Å². The average molecular weight is 257 g/mol. The molecule has 1 aromatic carbocycles. The number of halogens is 1. The van der Waals surface area contributed by atoms with Crippen molar-refractivity contribution in [2.75, 3.05) is 19.8 Å². The first-order valence-electron chi connectivity index (χ1n) is 4.76. The van der Waals surface area contributed by atoms with Crippen LogP contribution in [-0.2, 0) is 4.79 Å². The van der Waals surface area contributed by atoms with Crippen LogP contribution in [0.5, 0.6) is 0 Å². The van der Waals surface area contributed by atoms with E-state index in [1.807, 2.05) is 0 Å². The SMILES string of the molecule is CSc1cc(F)cc(C(=O)N(C)CC(=O)O)c1. The summed E-state index contributed by atoms with van der Waals surface area (Å²) in [5.41, 5.74) is 0.151. The molecule has 0 radical (unpaired) electrons. The van der Waals surface area contributed by atoms with E-state index in [1.165, 1.54) is 30.9 Å². The number of thioether (sulfide) groups is 1. The van der Waals surface area contributed by atoms with E-state index >= 15 is 0 Å². The molecule has 0 aliphatic carbocycles. The number of hydrogen-bond donors (Lipinski definition) is 1. The zero-order valence-electron chi connectivity index (χ0n) is 9.44. The number of carboxylic acid groups (broad SMARTS) is 1. The van der Waals surface area contributed by atoms with E-state index in [2.05, 4.69) is 0 Å². The molecule has 92 valence electrons. The van der Waals surface area contributed by atoms with Crippen LogP contribution in [0.4, 0.5) is 4.39 Å². The molecular weight excluding hydrogens is 245 g/mol. The van der Waals surface area contributed by atoms with Gasteiger partial charge in [-0.15, -0.1) is 11.8 Å². The molecule has 0 heterocycles. The van der Waals surface area contributed by atoms with Crippen molar-refractivity contribution < 1.29 is 19.1 Å². The van der Waals surface area contributed by atoms with Crippen molar-refractivity contribution in [3.8, 4) is 0 Å². The van der Waals surface area contributed by atoms with Gasteiger partial charge in [-0.05, 0) is 24.5 Å². The number of hydrogen-bond acceptors (Lipinski definition) is 3. The van der Waals surface area contributed by atoms with Gasteiger partial charge in [-0.3, -0.25) is 9.59 Å². The van der Waals surface area contributed by atoms with E-state index in [9.17, 15) is 14.0 Å². The van der Waals surface area contributed by atoms with Crippen LogP contribution in [0.15, 0.2) is 23.1 Å². The Hall–Kier alpha value is -1.56. The highest BCUT2D eigenvalue weighted by molar-refractivity contribution is 7.98. The fourth-order valence-electron chi connectivity index (χ4n) is 1.30. The quantitative estimate of drug-likeness (QED) is 0.834. The van der Waals surface area contributed by atoms with Gasteiger partial charge in [0, 0.05) is 17.5 Å². The third-order valence-corrected chi connectivity index (χ3v) is 2.78. The number of aliphatic carboxylic acids is 1. The Morgan fingerprint density at radius 1 is 1.41 bits per heavy atom. The monoisotopic (exact) mass is 257 g/mol. The first kappa shape index (κ1) is 13.5. The Morgan fingerprint density at radius 2 is 2.06 bits per heavy atom. The van der Waals surface area contributed by atoms with Crippen LogP contribution in [0, 0.1) is 5.82 Å². The highest BCUT2D eigenvalue weighted by Gasteiger charge is 2.15. The molecule has 0 aliphatic heterocycles. The fraction of sp³-hybridized carbons (Fsp3) is 0.273. The summed E-state index contributed by atoms with van der Waals surface area (Å²) in [6.07, 6.45) is 1.77. The topological polar surface area (TPSA) is 57.6 Å². The summed E-state index contributed by atoms with van der Waals surface area (Å²) < 4.78 is 13.2. The number of carboxylic acids is 1. The normalized spacial score (nSPS) is 10.1. The molecule has 0 saturated heterocycles. The van der Waals surface area contributed by atoms with Gasteiger partial charge in [0.25, 0.3) is 5.91 Å². The van der Waals surface area contributed by atoms with E-state index in [4.69, 9.17) is 5.11 Å². The molecule has 0 aliphatic rings. The molecule has 1 N–H and O–H groups in total. The van der Waals surface area contributed by atoms with Gasteiger partial charge in [-0.25, -0.2) is 4.39 Å². The second-order valence-electron chi connectivity index (χ2n) is 3.43. The van der Waals surface area contributed by atoms with Gasteiger partial charge in [-0.1, -0.05) is 0 Å². The largest absolute Gasteiger partial charge is 0.480 e. The number of benzene rings is 1. The van der Waals surface area contributed by atoms with Crippen molar-refractivity contribution >= 4 is 23.6 Å². The zero-order valence-corrected chi connectivity index (χ0v) is 10.3. The number of carbonyl (C=O) groups is 2. The zero-order chi connectivity index (χ0) is 13.0. The third kappa shape index (κ3) is 3.74. The van der Waals surface area contributed by atoms with Crippen LogP contribution in [0.1, 0.15) is 10.4 Å². The second-order valence-corrected chi connectivity index (χ2v) is 4.31. The molecule has 6 heteroatoms. The van der Waals surface area contributed by atoms with Crippen LogP contribution in [-0.4, -0.2) is 41.7 Å². The summed E-state index contributed by atoms with van der Waals surface area (Å²) in [6.45, 7) is -0.413. The summed E-state index contributed by atoms with van der Waals surface area (Å²) in [5, 5.41) is 8.56. The summed E-state index contributed by atoms with van der Waals surface area (Å²) in [4.78, 5) is 23.9. The Balaban J connectivity index is 2.95. The maximum absolute atomic E-state index is 13.2. The highest BCUT2D eigenvalue weighted by Crippen LogP contribution is 2.19. The van der Waals surface area contributed by atoms with E-state index in [0.29, 0.717) is 4.90 Å². The Morgan fingerprint density at radius 3 is 2.59 bits per heavy atom. The van der Waals surface area contributed by atoms with Gasteiger partial charge in [0.1, 0.15) is 12.4 Å².